The van der Waals surface area contributed by atoms with E-state index in [0.29, 0.717) is 37.7 Å². The number of aliphatic hydroxyl groups excluding tert-OH is 1. The third-order valence-corrected chi connectivity index (χ3v) is 6.62. The van der Waals surface area contributed by atoms with E-state index in [4.69, 9.17) is 15.2 Å². The van der Waals surface area contributed by atoms with E-state index in [2.05, 4.69) is 9.80 Å². The van der Waals surface area contributed by atoms with E-state index in [1.807, 2.05) is 54.8 Å². The van der Waals surface area contributed by atoms with Crippen molar-refractivity contribution in [2.24, 2.45) is 5.73 Å². The zero-order valence-corrected chi connectivity index (χ0v) is 18.5. The third kappa shape index (κ3) is 5.15. The lowest BCUT2D eigenvalue weighted by Crippen LogP contribution is -2.54. The summed E-state index contributed by atoms with van der Waals surface area (Å²) in [5.74, 6) is 1.04. The Hall–Kier alpha value is -2.26. The molecule has 3 N–H and O–H groups in total. The summed E-state index contributed by atoms with van der Waals surface area (Å²) < 4.78 is 11.6. The van der Waals surface area contributed by atoms with Gasteiger partial charge in [0.15, 0.2) is 17.6 Å². The molecule has 1 saturated heterocycles. The highest BCUT2D eigenvalue weighted by atomic mass is 32.2. The van der Waals surface area contributed by atoms with Gasteiger partial charge in [-0.15, -0.1) is 11.8 Å². The number of nitrogens with zero attached hydrogens (tertiary/aromatic N) is 2. The van der Waals surface area contributed by atoms with Crippen molar-refractivity contribution in [1.29, 1.82) is 0 Å². The Morgan fingerprint density at radius 2 is 1.81 bits per heavy atom. The molecule has 0 aliphatic carbocycles. The van der Waals surface area contributed by atoms with Crippen LogP contribution >= 0.6 is 11.8 Å². The minimum absolute atomic E-state index is 0.327. The number of primary amides is 1. The monoisotopic (exact) mass is 443 g/mol. The van der Waals surface area contributed by atoms with Crippen LogP contribution in [0.2, 0.25) is 0 Å². The molecule has 0 radical (unpaired) electrons. The lowest BCUT2D eigenvalue weighted by atomic mass is 10.0. The van der Waals surface area contributed by atoms with Crippen molar-refractivity contribution in [2.75, 3.05) is 45.6 Å². The van der Waals surface area contributed by atoms with Crippen LogP contribution in [0.4, 0.5) is 0 Å². The van der Waals surface area contributed by atoms with Crippen LogP contribution in [0.15, 0.2) is 53.4 Å². The first-order valence-electron chi connectivity index (χ1n) is 10.5. The highest BCUT2D eigenvalue weighted by Crippen LogP contribution is 2.32. The molecule has 31 heavy (non-hydrogen) atoms. The fourth-order valence-corrected chi connectivity index (χ4v) is 4.56. The molecule has 2 aliphatic rings. The number of benzene rings is 2. The van der Waals surface area contributed by atoms with Gasteiger partial charge in [-0.3, -0.25) is 14.6 Å². The number of nitrogens with two attached hydrogens (primary N) is 1. The van der Waals surface area contributed by atoms with E-state index in [1.165, 1.54) is 0 Å². The van der Waals surface area contributed by atoms with E-state index >= 15 is 0 Å². The number of carbonyl (C=O) groups excluding carboxylic acids is 1. The summed E-state index contributed by atoms with van der Waals surface area (Å²) in [5.41, 5.74) is 6.67. The van der Waals surface area contributed by atoms with Crippen LogP contribution in [0.1, 0.15) is 11.6 Å². The standard InChI is InChI=1S/C23H29N3O4S/c1-31-17-8-6-16(7-9-17)22(23(24)28)26-12-10-25(11-13-26)14-18(27)21-15-29-19-4-2-3-5-20(19)30-21/h2-9,18,21-22,27H,10-15H2,1H3,(H2,24,28). The van der Waals surface area contributed by atoms with Crippen molar-refractivity contribution in [3.63, 3.8) is 0 Å². The molecule has 2 aromatic rings. The van der Waals surface area contributed by atoms with Gasteiger partial charge in [-0.05, 0) is 36.1 Å². The second-order valence-electron chi connectivity index (χ2n) is 7.90. The van der Waals surface area contributed by atoms with E-state index in [-0.39, 0.29) is 5.91 Å². The third-order valence-electron chi connectivity index (χ3n) is 5.88. The fourth-order valence-electron chi connectivity index (χ4n) is 4.15. The van der Waals surface area contributed by atoms with Crippen molar-refractivity contribution in [3.8, 4) is 11.5 Å². The summed E-state index contributed by atoms with van der Waals surface area (Å²) in [5, 5.41) is 10.7. The van der Waals surface area contributed by atoms with Crippen molar-refractivity contribution in [2.45, 2.75) is 23.1 Å². The van der Waals surface area contributed by atoms with Crippen LogP contribution in [0, 0.1) is 0 Å². The molecule has 0 bridgehead atoms. The molecule has 0 saturated carbocycles. The van der Waals surface area contributed by atoms with Crippen LogP contribution < -0.4 is 15.2 Å². The molecule has 3 atom stereocenters. The number of amides is 1. The Morgan fingerprint density at radius 1 is 1.13 bits per heavy atom. The summed E-state index contributed by atoms with van der Waals surface area (Å²) in [6.45, 7) is 3.72. The zero-order valence-electron chi connectivity index (χ0n) is 17.6. The molecule has 4 rings (SSSR count). The Labute approximate surface area is 187 Å². The molecule has 166 valence electrons. The normalized spacial score (nSPS) is 21.4. The molecular formula is C23H29N3O4S. The summed E-state index contributed by atoms with van der Waals surface area (Å²) in [7, 11) is 0. The fraction of sp³-hybridized carbons (Fsp3) is 0.435. The summed E-state index contributed by atoms with van der Waals surface area (Å²) >= 11 is 1.67. The maximum absolute atomic E-state index is 12.2. The number of ether oxygens (including phenoxy) is 2. The Morgan fingerprint density at radius 3 is 2.45 bits per heavy atom. The molecule has 3 unspecified atom stereocenters. The van der Waals surface area contributed by atoms with Gasteiger partial charge in [0, 0.05) is 37.6 Å². The first-order valence-corrected chi connectivity index (χ1v) is 11.7. The van der Waals surface area contributed by atoms with Crippen molar-refractivity contribution < 1.29 is 19.4 Å². The highest BCUT2D eigenvalue weighted by Gasteiger charge is 2.32. The quantitative estimate of drug-likeness (QED) is 0.631. The average Bonchev–Trinajstić information content (AvgIpc) is 2.80. The Bertz CT molecular complexity index is 887. The number of thioether (sulfide) groups is 1. The van der Waals surface area contributed by atoms with Gasteiger partial charge in [-0.2, -0.15) is 0 Å². The van der Waals surface area contributed by atoms with Gasteiger partial charge in [0.25, 0.3) is 0 Å². The van der Waals surface area contributed by atoms with Gasteiger partial charge >= 0.3 is 0 Å². The van der Waals surface area contributed by atoms with Crippen molar-refractivity contribution in [3.05, 3.63) is 54.1 Å². The Kier molecular flexibility index (Phi) is 7.02. The van der Waals surface area contributed by atoms with E-state index in [9.17, 15) is 9.90 Å². The van der Waals surface area contributed by atoms with E-state index < -0.39 is 18.2 Å². The second-order valence-corrected chi connectivity index (χ2v) is 8.78. The van der Waals surface area contributed by atoms with Crippen LogP contribution in [0.25, 0.3) is 0 Å². The number of hydrogen-bond donors (Lipinski definition) is 2. The maximum Gasteiger partial charge on any atom is 0.239 e. The van der Waals surface area contributed by atoms with Crippen LogP contribution in [0.3, 0.4) is 0 Å². The highest BCUT2D eigenvalue weighted by molar-refractivity contribution is 7.98. The van der Waals surface area contributed by atoms with Crippen LogP contribution in [-0.4, -0.2) is 78.6 Å². The lowest BCUT2D eigenvalue weighted by molar-refractivity contribution is -0.124. The largest absolute Gasteiger partial charge is 0.486 e. The predicted octanol–water partition coefficient (Wildman–Crippen LogP) is 1.75. The molecule has 2 heterocycles. The molecule has 2 aromatic carbocycles. The summed E-state index contributed by atoms with van der Waals surface area (Å²) in [4.78, 5) is 17.7. The molecule has 0 spiro atoms. The van der Waals surface area contributed by atoms with Crippen molar-refractivity contribution in [1.82, 2.24) is 9.80 Å². The van der Waals surface area contributed by atoms with Gasteiger partial charge in [-0.25, -0.2) is 0 Å². The SMILES string of the molecule is CSc1ccc(C(C(N)=O)N2CCN(CC(O)C3COc4ccccc4O3)CC2)cc1. The van der Waals surface area contributed by atoms with Gasteiger partial charge in [-0.1, -0.05) is 24.3 Å². The average molecular weight is 444 g/mol. The van der Waals surface area contributed by atoms with E-state index in [1.54, 1.807) is 11.8 Å². The Balaban J connectivity index is 1.32. The first-order chi connectivity index (χ1) is 15.0. The molecule has 7 nitrogen and oxygen atoms in total. The predicted molar refractivity (Wildman–Crippen MR) is 121 cm³/mol. The number of piperazine rings is 1. The summed E-state index contributed by atoms with van der Waals surface area (Å²) in [6.07, 6.45) is 0.962. The number of β-amino-alcohol motifs (C(OH)–C–C–N with tert-alkyl or cyclic N) is 1. The topological polar surface area (TPSA) is 88.3 Å². The number of para-hydroxylation sites is 2. The van der Waals surface area contributed by atoms with Crippen LogP contribution in [-0.2, 0) is 4.79 Å². The van der Waals surface area contributed by atoms with Gasteiger partial charge in [0.05, 0.1) is 0 Å². The summed E-state index contributed by atoms with van der Waals surface area (Å²) in [6, 6.07) is 15.1. The van der Waals surface area contributed by atoms with Crippen molar-refractivity contribution >= 4 is 17.7 Å². The number of carbonyl (C=O) groups is 1. The molecular weight excluding hydrogens is 414 g/mol. The number of hydrogen-bond acceptors (Lipinski definition) is 7. The molecule has 1 fully saturated rings. The van der Waals surface area contributed by atoms with Gasteiger partial charge in [0.2, 0.25) is 5.91 Å². The van der Waals surface area contributed by atoms with Crippen LogP contribution in [0.5, 0.6) is 11.5 Å². The zero-order chi connectivity index (χ0) is 21.8. The number of fused-ring (bicyclic) bond motifs is 1. The second kappa shape index (κ2) is 9.91. The minimum Gasteiger partial charge on any atom is -0.486 e. The van der Waals surface area contributed by atoms with Gasteiger partial charge < -0.3 is 20.3 Å². The minimum atomic E-state index is -0.661. The molecule has 2 aliphatic heterocycles. The molecule has 1 amide bonds. The number of rotatable bonds is 7. The first kappa shape index (κ1) is 22.0. The van der Waals surface area contributed by atoms with Gasteiger partial charge in [0.1, 0.15) is 18.8 Å². The molecule has 0 aromatic heterocycles. The number of aliphatic hydroxyl groups is 1. The molecule has 8 heteroatoms. The van der Waals surface area contributed by atoms with E-state index in [0.717, 1.165) is 23.5 Å². The maximum atomic E-state index is 12.2. The lowest BCUT2D eigenvalue weighted by Gasteiger charge is -2.40. The smallest absolute Gasteiger partial charge is 0.239 e.